The van der Waals surface area contributed by atoms with Gasteiger partial charge in [-0.3, -0.25) is 0 Å². The minimum atomic E-state index is 0.172. The molecule has 5 heteroatoms. The molecule has 1 heterocycles. The molecule has 1 aromatic rings. The van der Waals surface area contributed by atoms with Gasteiger partial charge >= 0.3 is 0 Å². The highest BCUT2D eigenvalue weighted by Gasteiger charge is 2.23. The third-order valence-electron chi connectivity index (χ3n) is 3.06. The molecule has 0 radical (unpaired) electrons. The Hall–Kier alpha value is -1.91. The van der Waals surface area contributed by atoms with Gasteiger partial charge in [0.05, 0.1) is 6.04 Å². The first-order chi connectivity index (χ1) is 8.06. The zero-order valence-electron chi connectivity index (χ0n) is 10.1. The summed E-state index contributed by atoms with van der Waals surface area (Å²) in [4.78, 5) is 6.50. The highest BCUT2D eigenvalue weighted by molar-refractivity contribution is 5.76. The summed E-state index contributed by atoms with van der Waals surface area (Å²) in [5.41, 5.74) is 19.7. The first-order valence-corrected chi connectivity index (χ1v) is 5.76. The largest absolute Gasteiger partial charge is 0.399 e. The summed E-state index contributed by atoms with van der Waals surface area (Å²) in [7, 11) is 0. The maximum atomic E-state index is 5.75. The molecule has 0 aromatic heterocycles. The van der Waals surface area contributed by atoms with Crippen molar-refractivity contribution in [2.24, 2.45) is 16.5 Å². The third kappa shape index (κ3) is 2.61. The van der Waals surface area contributed by atoms with Crippen LogP contribution >= 0.6 is 0 Å². The molecule has 1 atom stereocenters. The van der Waals surface area contributed by atoms with E-state index >= 15 is 0 Å². The average molecular weight is 233 g/mol. The Morgan fingerprint density at radius 2 is 2.18 bits per heavy atom. The van der Waals surface area contributed by atoms with Gasteiger partial charge in [-0.2, -0.15) is 0 Å². The number of benzene rings is 1. The number of guanidine groups is 1. The number of nitrogens with zero attached hydrogens (tertiary/aromatic N) is 2. The molecular weight excluding hydrogens is 214 g/mol. The van der Waals surface area contributed by atoms with Gasteiger partial charge in [0.25, 0.3) is 0 Å². The van der Waals surface area contributed by atoms with Gasteiger partial charge in [0, 0.05) is 24.5 Å². The number of hydrogen-bond donors (Lipinski definition) is 3. The Kier molecular flexibility index (Phi) is 3.08. The van der Waals surface area contributed by atoms with Crippen LogP contribution in [0.4, 0.5) is 11.4 Å². The van der Waals surface area contributed by atoms with E-state index < -0.39 is 0 Å². The summed E-state index contributed by atoms with van der Waals surface area (Å²) in [5.74, 6) is 0.172. The van der Waals surface area contributed by atoms with Crippen molar-refractivity contribution >= 4 is 17.3 Å². The van der Waals surface area contributed by atoms with Crippen LogP contribution in [0.25, 0.3) is 0 Å². The molecule has 1 aromatic carbocycles. The molecule has 6 N–H and O–H groups in total. The Bertz CT molecular complexity index is 437. The summed E-state index contributed by atoms with van der Waals surface area (Å²) >= 11 is 0. The number of aliphatic imine (C=N–C) groups is 1. The summed E-state index contributed by atoms with van der Waals surface area (Å²) in [6.45, 7) is 3.91. The number of nitrogens with two attached hydrogens (primary N) is 3. The maximum Gasteiger partial charge on any atom is 0.186 e. The van der Waals surface area contributed by atoms with Crippen LogP contribution in [0.15, 0.2) is 23.2 Å². The van der Waals surface area contributed by atoms with Crippen molar-refractivity contribution in [1.29, 1.82) is 0 Å². The van der Waals surface area contributed by atoms with Gasteiger partial charge in [-0.1, -0.05) is 0 Å². The van der Waals surface area contributed by atoms with Crippen LogP contribution in [0, 0.1) is 6.92 Å². The van der Waals surface area contributed by atoms with Crippen molar-refractivity contribution in [3.8, 4) is 0 Å². The van der Waals surface area contributed by atoms with Crippen LogP contribution in [0.3, 0.4) is 0 Å². The van der Waals surface area contributed by atoms with Gasteiger partial charge in [0.2, 0.25) is 0 Å². The summed E-state index contributed by atoms with van der Waals surface area (Å²) in [6.07, 6.45) is 0.988. The minimum absolute atomic E-state index is 0.172. The number of nitrogen functional groups attached to an aromatic ring is 1. The van der Waals surface area contributed by atoms with Gasteiger partial charge < -0.3 is 22.1 Å². The molecule has 2 rings (SSSR count). The van der Waals surface area contributed by atoms with Gasteiger partial charge in [-0.25, -0.2) is 4.99 Å². The molecule has 5 nitrogen and oxygen atoms in total. The summed E-state index contributed by atoms with van der Waals surface area (Å²) < 4.78 is 0. The van der Waals surface area contributed by atoms with Crippen LogP contribution in [-0.2, 0) is 0 Å². The lowest BCUT2D eigenvalue weighted by Gasteiger charge is -2.20. The van der Waals surface area contributed by atoms with Gasteiger partial charge in [0.15, 0.2) is 5.96 Å². The Morgan fingerprint density at radius 3 is 2.82 bits per heavy atom. The van der Waals surface area contributed by atoms with Crippen molar-refractivity contribution in [1.82, 2.24) is 0 Å². The molecule has 92 valence electrons. The van der Waals surface area contributed by atoms with E-state index in [1.54, 1.807) is 0 Å². The zero-order chi connectivity index (χ0) is 12.4. The smallest absolute Gasteiger partial charge is 0.186 e. The first kappa shape index (κ1) is 11.6. The van der Waals surface area contributed by atoms with E-state index in [4.69, 9.17) is 17.2 Å². The highest BCUT2D eigenvalue weighted by atomic mass is 15.2. The van der Waals surface area contributed by atoms with Crippen LogP contribution < -0.4 is 22.1 Å². The molecule has 0 spiro atoms. The van der Waals surface area contributed by atoms with Crippen molar-refractivity contribution in [3.63, 3.8) is 0 Å². The van der Waals surface area contributed by atoms with Crippen molar-refractivity contribution < 1.29 is 0 Å². The van der Waals surface area contributed by atoms with E-state index in [1.165, 1.54) is 11.3 Å². The second-order valence-electron chi connectivity index (χ2n) is 4.49. The van der Waals surface area contributed by atoms with E-state index in [0.29, 0.717) is 0 Å². The van der Waals surface area contributed by atoms with Crippen LogP contribution in [0.5, 0.6) is 0 Å². The minimum Gasteiger partial charge on any atom is -0.399 e. The summed E-state index contributed by atoms with van der Waals surface area (Å²) in [6, 6.07) is 6.18. The van der Waals surface area contributed by atoms with Crippen molar-refractivity contribution in [2.75, 3.05) is 23.7 Å². The molecule has 0 amide bonds. The zero-order valence-corrected chi connectivity index (χ0v) is 10.1. The molecule has 0 aliphatic carbocycles. The molecule has 1 unspecified atom stereocenters. The first-order valence-electron chi connectivity index (χ1n) is 5.76. The van der Waals surface area contributed by atoms with Gasteiger partial charge in [-0.15, -0.1) is 0 Å². The third-order valence-corrected chi connectivity index (χ3v) is 3.06. The van der Waals surface area contributed by atoms with E-state index in [2.05, 4.69) is 22.9 Å². The molecule has 0 saturated carbocycles. The lowest BCUT2D eigenvalue weighted by Crippen LogP contribution is -2.27. The normalized spacial score (nSPS) is 19.4. The second-order valence-corrected chi connectivity index (χ2v) is 4.49. The van der Waals surface area contributed by atoms with Crippen LogP contribution in [-0.4, -0.2) is 25.1 Å². The molecular formula is C12H19N5. The molecule has 1 fully saturated rings. The Morgan fingerprint density at radius 1 is 1.41 bits per heavy atom. The standard InChI is InChI=1S/C12H19N5/c1-8-6-9(13)2-3-11(8)17-5-4-10(7-17)16-12(14)15/h2-3,6,10H,4-5,7,13H2,1H3,(H4,14,15,16). The average Bonchev–Trinajstić information content (AvgIpc) is 2.65. The highest BCUT2D eigenvalue weighted by Crippen LogP contribution is 2.26. The fourth-order valence-corrected chi connectivity index (χ4v) is 2.31. The topological polar surface area (TPSA) is 93.7 Å². The monoisotopic (exact) mass is 233 g/mol. The molecule has 17 heavy (non-hydrogen) atoms. The Balaban J connectivity index is 2.12. The van der Waals surface area contributed by atoms with E-state index in [-0.39, 0.29) is 12.0 Å². The van der Waals surface area contributed by atoms with E-state index in [1.807, 2.05) is 12.1 Å². The lowest BCUT2D eigenvalue weighted by atomic mass is 10.1. The molecule has 1 aliphatic rings. The number of aryl methyl sites for hydroxylation is 1. The quantitative estimate of drug-likeness (QED) is 0.392. The van der Waals surface area contributed by atoms with Crippen LogP contribution in [0.1, 0.15) is 12.0 Å². The van der Waals surface area contributed by atoms with E-state index in [9.17, 15) is 0 Å². The lowest BCUT2D eigenvalue weighted by molar-refractivity contribution is 0.751. The number of rotatable bonds is 2. The maximum absolute atomic E-state index is 5.75. The number of hydrogen-bond acceptors (Lipinski definition) is 3. The molecule has 1 aliphatic heterocycles. The molecule has 0 bridgehead atoms. The SMILES string of the molecule is Cc1cc(N)ccc1N1CCC(N=C(N)N)C1. The van der Waals surface area contributed by atoms with Crippen LogP contribution in [0.2, 0.25) is 0 Å². The second kappa shape index (κ2) is 4.53. The van der Waals surface area contributed by atoms with Crippen molar-refractivity contribution in [3.05, 3.63) is 23.8 Å². The summed E-state index contributed by atoms with van der Waals surface area (Å²) in [5, 5.41) is 0. The van der Waals surface area contributed by atoms with E-state index in [0.717, 1.165) is 25.2 Å². The predicted molar refractivity (Wildman–Crippen MR) is 72.0 cm³/mol. The van der Waals surface area contributed by atoms with Crippen molar-refractivity contribution in [2.45, 2.75) is 19.4 Å². The molecule has 1 saturated heterocycles. The predicted octanol–water partition coefficient (Wildman–Crippen LogP) is 0.429. The van der Waals surface area contributed by atoms with Gasteiger partial charge in [0.1, 0.15) is 0 Å². The number of anilines is 2. The van der Waals surface area contributed by atoms with Gasteiger partial charge in [-0.05, 0) is 37.1 Å². The fraction of sp³-hybridized carbons (Fsp3) is 0.417. The fourth-order valence-electron chi connectivity index (χ4n) is 2.31. The Labute approximate surface area is 101 Å².